The van der Waals surface area contributed by atoms with E-state index in [4.69, 9.17) is 9.84 Å². The molecule has 1 unspecified atom stereocenters. The fourth-order valence-corrected chi connectivity index (χ4v) is 2.34. The van der Waals surface area contributed by atoms with E-state index in [1.165, 1.54) is 24.0 Å². The number of hydrogen-bond acceptors (Lipinski definition) is 2. The molecule has 0 aromatic rings. The molecule has 0 saturated carbocycles. The number of ether oxygens (including phenoxy) is 1. The van der Waals surface area contributed by atoms with Crippen molar-refractivity contribution in [2.24, 2.45) is 0 Å². The molecule has 102 valence electrons. The van der Waals surface area contributed by atoms with Gasteiger partial charge in [-0.1, -0.05) is 38.2 Å². The molecule has 2 rings (SSSR count). The first-order valence-electron chi connectivity index (χ1n) is 7.17. The highest BCUT2D eigenvalue weighted by Crippen LogP contribution is 2.29. The van der Waals surface area contributed by atoms with E-state index in [1.54, 1.807) is 0 Å². The molecule has 0 radical (unpaired) electrons. The zero-order chi connectivity index (χ0) is 13.2. The fourth-order valence-electron chi connectivity index (χ4n) is 2.34. The van der Waals surface area contributed by atoms with Crippen LogP contribution in [0, 0.1) is 0 Å². The van der Waals surface area contributed by atoms with Gasteiger partial charge in [0.2, 0.25) is 0 Å². The Balaban J connectivity index is 0.000000771. The monoisotopic (exact) mass is 250 g/mol. The van der Waals surface area contributed by atoms with Crippen molar-refractivity contribution in [2.75, 3.05) is 13.2 Å². The van der Waals surface area contributed by atoms with E-state index in [9.17, 15) is 0 Å². The Hall–Kier alpha value is -0.860. The highest BCUT2D eigenvalue weighted by atomic mass is 16.5. The van der Waals surface area contributed by atoms with Crippen molar-refractivity contribution in [1.29, 1.82) is 0 Å². The summed E-state index contributed by atoms with van der Waals surface area (Å²) in [6, 6.07) is 0. The SMILES string of the molecule is CC.OCCOC1CC=C(C2=CC=CCC2)CC1. The molecule has 18 heavy (non-hydrogen) atoms. The Bertz CT molecular complexity index is 313. The molecule has 0 fully saturated rings. The zero-order valence-corrected chi connectivity index (χ0v) is 11.7. The normalized spacial score (nSPS) is 22.7. The van der Waals surface area contributed by atoms with Crippen LogP contribution in [0.4, 0.5) is 0 Å². The van der Waals surface area contributed by atoms with Crippen molar-refractivity contribution in [2.45, 2.75) is 52.1 Å². The zero-order valence-electron chi connectivity index (χ0n) is 11.7. The number of rotatable bonds is 4. The van der Waals surface area contributed by atoms with Crippen LogP contribution < -0.4 is 0 Å². The van der Waals surface area contributed by atoms with Gasteiger partial charge in [0.15, 0.2) is 0 Å². The van der Waals surface area contributed by atoms with Gasteiger partial charge in [-0.25, -0.2) is 0 Å². The summed E-state index contributed by atoms with van der Waals surface area (Å²) >= 11 is 0. The van der Waals surface area contributed by atoms with Crippen molar-refractivity contribution in [1.82, 2.24) is 0 Å². The molecule has 0 saturated heterocycles. The van der Waals surface area contributed by atoms with Crippen molar-refractivity contribution < 1.29 is 9.84 Å². The summed E-state index contributed by atoms with van der Waals surface area (Å²) in [7, 11) is 0. The van der Waals surface area contributed by atoms with Crippen LogP contribution in [0.2, 0.25) is 0 Å². The van der Waals surface area contributed by atoms with Gasteiger partial charge in [-0.05, 0) is 43.3 Å². The molecule has 2 aliphatic carbocycles. The summed E-state index contributed by atoms with van der Waals surface area (Å²) in [5.74, 6) is 0. The lowest BCUT2D eigenvalue weighted by Gasteiger charge is -2.24. The largest absolute Gasteiger partial charge is 0.394 e. The first-order valence-corrected chi connectivity index (χ1v) is 7.17. The first kappa shape index (κ1) is 15.2. The Kier molecular flexibility index (Phi) is 7.70. The summed E-state index contributed by atoms with van der Waals surface area (Å²) in [4.78, 5) is 0. The molecule has 0 heterocycles. The van der Waals surface area contributed by atoms with Crippen LogP contribution >= 0.6 is 0 Å². The van der Waals surface area contributed by atoms with Gasteiger partial charge in [-0.15, -0.1) is 0 Å². The molecule has 0 aromatic heterocycles. The molecular formula is C16H26O2. The van der Waals surface area contributed by atoms with Gasteiger partial charge in [0.25, 0.3) is 0 Å². The summed E-state index contributed by atoms with van der Waals surface area (Å²) in [5.41, 5.74) is 3.01. The van der Waals surface area contributed by atoms with E-state index in [0.29, 0.717) is 12.7 Å². The predicted octanol–water partition coefficient (Wildman–Crippen LogP) is 3.78. The van der Waals surface area contributed by atoms with Crippen LogP contribution in [-0.2, 0) is 4.74 Å². The smallest absolute Gasteiger partial charge is 0.0701 e. The van der Waals surface area contributed by atoms with Crippen molar-refractivity contribution in [3.8, 4) is 0 Å². The molecule has 2 aliphatic rings. The molecule has 1 atom stereocenters. The van der Waals surface area contributed by atoms with Crippen molar-refractivity contribution >= 4 is 0 Å². The van der Waals surface area contributed by atoms with Gasteiger partial charge in [0.05, 0.1) is 19.3 Å². The van der Waals surface area contributed by atoms with Crippen molar-refractivity contribution in [3.05, 3.63) is 35.5 Å². The summed E-state index contributed by atoms with van der Waals surface area (Å²) in [5, 5.41) is 8.70. The minimum Gasteiger partial charge on any atom is -0.394 e. The van der Waals surface area contributed by atoms with Gasteiger partial charge in [-0.3, -0.25) is 0 Å². The molecule has 0 bridgehead atoms. The lowest BCUT2D eigenvalue weighted by molar-refractivity contribution is 0.0237. The van der Waals surface area contributed by atoms with Crippen LogP contribution in [0.5, 0.6) is 0 Å². The van der Waals surface area contributed by atoms with Crippen LogP contribution in [0.25, 0.3) is 0 Å². The Morgan fingerprint density at radius 3 is 2.67 bits per heavy atom. The molecule has 0 aromatic carbocycles. The number of aliphatic hydroxyl groups excluding tert-OH is 1. The van der Waals surface area contributed by atoms with E-state index in [2.05, 4.69) is 24.3 Å². The van der Waals surface area contributed by atoms with E-state index in [0.717, 1.165) is 19.3 Å². The second kappa shape index (κ2) is 9.12. The summed E-state index contributed by atoms with van der Waals surface area (Å²) in [6.07, 6.45) is 14.8. The third kappa shape index (κ3) is 4.79. The van der Waals surface area contributed by atoms with Gasteiger partial charge in [0, 0.05) is 0 Å². The van der Waals surface area contributed by atoms with E-state index < -0.39 is 0 Å². The van der Waals surface area contributed by atoms with Gasteiger partial charge in [-0.2, -0.15) is 0 Å². The van der Waals surface area contributed by atoms with E-state index in [-0.39, 0.29) is 6.61 Å². The molecular weight excluding hydrogens is 224 g/mol. The molecule has 0 amide bonds. The first-order chi connectivity index (χ1) is 8.90. The molecule has 1 N–H and O–H groups in total. The molecule has 0 aliphatic heterocycles. The van der Waals surface area contributed by atoms with Gasteiger partial charge in [0.1, 0.15) is 0 Å². The number of allylic oxidation sites excluding steroid dienone is 5. The minimum absolute atomic E-state index is 0.128. The minimum atomic E-state index is 0.128. The van der Waals surface area contributed by atoms with Crippen LogP contribution in [0.3, 0.4) is 0 Å². The van der Waals surface area contributed by atoms with Crippen LogP contribution in [0.15, 0.2) is 35.5 Å². The quantitative estimate of drug-likeness (QED) is 0.823. The maximum Gasteiger partial charge on any atom is 0.0701 e. The maximum absolute atomic E-state index is 8.70. The van der Waals surface area contributed by atoms with Crippen LogP contribution in [-0.4, -0.2) is 24.4 Å². The van der Waals surface area contributed by atoms with Crippen molar-refractivity contribution in [3.63, 3.8) is 0 Å². The lowest BCUT2D eigenvalue weighted by atomic mass is 9.88. The van der Waals surface area contributed by atoms with E-state index >= 15 is 0 Å². The molecule has 2 heteroatoms. The average molecular weight is 250 g/mol. The highest BCUT2D eigenvalue weighted by molar-refractivity contribution is 5.37. The fraction of sp³-hybridized carbons (Fsp3) is 0.625. The second-order valence-corrected chi connectivity index (χ2v) is 4.38. The lowest BCUT2D eigenvalue weighted by Crippen LogP contribution is -2.18. The number of aliphatic hydroxyl groups is 1. The van der Waals surface area contributed by atoms with E-state index in [1.807, 2.05) is 13.8 Å². The topological polar surface area (TPSA) is 29.5 Å². The summed E-state index contributed by atoms with van der Waals surface area (Å²) in [6.45, 7) is 4.60. The summed E-state index contributed by atoms with van der Waals surface area (Å²) < 4.78 is 5.54. The predicted molar refractivity (Wildman–Crippen MR) is 76.6 cm³/mol. The highest BCUT2D eigenvalue weighted by Gasteiger charge is 2.16. The Morgan fingerprint density at radius 2 is 2.11 bits per heavy atom. The Morgan fingerprint density at radius 1 is 1.28 bits per heavy atom. The second-order valence-electron chi connectivity index (χ2n) is 4.38. The molecule has 0 spiro atoms. The third-order valence-corrected chi connectivity index (χ3v) is 3.23. The Labute approximate surface area is 111 Å². The van der Waals surface area contributed by atoms with Crippen LogP contribution in [0.1, 0.15) is 46.0 Å². The third-order valence-electron chi connectivity index (χ3n) is 3.23. The number of hydrogen-bond donors (Lipinski definition) is 1. The standard InChI is InChI=1S/C14H20O2.C2H6/c15-10-11-16-14-8-6-13(7-9-14)12-4-2-1-3-5-12;1-2/h1-2,4,6,14-15H,3,5,7-11H2;1-2H3. The molecule has 2 nitrogen and oxygen atoms in total. The maximum atomic E-state index is 8.70. The van der Waals surface area contributed by atoms with Gasteiger partial charge < -0.3 is 9.84 Å². The average Bonchev–Trinajstić information content (AvgIpc) is 2.49. The van der Waals surface area contributed by atoms with Gasteiger partial charge >= 0.3 is 0 Å².